The van der Waals surface area contributed by atoms with E-state index in [2.05, 4.69) is 10.3 Å². The van der Waals surface area contributed by atoms with Gasteiger partial charge in [-0.1, -0.05) is 12.1 Å². The molecular formula is C28H26F3N3O4. The van der Waals surface area contributed by atoms with Crippen LogP contribution in [0.15, 0.2) is 54.7 Å². The standard InChI is InChI=1S/C28H26F3N3O4/c1-17-3-5-20(33-26(36)19-7-10-32-24(14-19)28(29,30)31)15-21(17)18-4-6-22-23(13-18)38-27(8-11-37-12-9-27)16-25(35)34(22)2/h3-7,10,13-15H,8-9,11-12,16H2,1-2H3,(H,33,36). The fourth-order valence-corrected chi connectivity index (χ4v) is 4.80. The molecule has 2 aliphatic rings. The molecule has 2 amide bonds. The van der Waals surface area contributed by atoms with E-state index in [4.69, 9.17) is 9.47 Å². The van der Waals surface area contributed by atoms with Crippen LogP contribution in [-0.4, -0.2) is 42.7 Å². The molecule has 0 bridgehead atoms. The summed E-state index contributed by atoms with van der Waals surface area (Å²) in [6, 6.07) is 12.8. The van der Waals surface area contributed by atoms with Crippen LogP contribution in [0.25, 0.3) is 11.1 Å². The molecule has 2 aliphatic heterocycles. The maximum Gasteiger partial charge on any atom is 0.433 e. The van der Waals surface area contributed by atoms with Crippen molar-refractivity contribution in [1.29, 1.82) is 0 Å². The molecule has 2 aromatic carbocycles. The molecule has 0 aliphatic carbocycles. The number of alkyl halides is 3. The zero-order valence-electron chi connectivity index (χ0n) is 20.9. The molecule has 0 saturated carbocycles. The quantitative estimate of drug-likeness (QED) is 0.480. The number of ether oxygens (including phenoxy) is 2. The summed E-state index contributed by atoms with van der Waals surface area (Å²) in [6.45, 7) is 2.96. The number of aromatic nitrogens is 1. The Hall–Kier alpha value is -3.92. The number of halogens is 3. The summed E-state index contributed by atoms with van der Waals surface area (Å²) in [7, 11) is 1.73. The Morgan fingerprint density at radius 2 is 1.84 bits per heavy atom. The zero-order valence-corrected chi connectivity index (χ0v) is 20.9. The van der Waals surface area contributed by atoms with Gasteiger partial charge in [0.05, 0.1) is 25.3 Å². The van der Waals surface area contributed by atoms with Crippen molar-refractivity contribution >= 4 is 23.2 Å². The molecule has 198 valence electrons. The van der Waals surface area contributed by atoms with Crippen LogP contribution in [0.5, 0.6) is 5.75 Å². The Balaban J connectivity index is 1.45. The number of amides is 2. The van der Waals surface area contributed by atoms with Crippen molar-refractivity contribution in [2.45, 2.75) is 38.0 Å². The molecule has 1 spiro atoms. The highest BCUT2D eigenvalue weighted by molar-refractivity contribution is 6.04. The average Bonchev–Trinajstić information content (AvgIpc) is 2.98. The van der Waals surface area contributed by atoms with Crippen LogP contribution >= 0.6 is 0 Å². The van der Waals surface area contributed by atoms with Crippen LogP contribution in [0, 0.1) is 6.92 Å². The highest BCUT2D eigenvalue weighted by Gasteiger charge is 2.41. The maximum atomic E-state index is 13.0. The Morgan fingerprint density at radius 3 is 2.58 bits per heavy atom. The van der Waals surface area contributed by atoms with Crippen LogP contribution in [0.1, 0.15) is 40.9 Å². The van der Waals surface area contributed by atoms with E-state index in [0.717, 1.165) is 29.0 Å². The molecular weight excluding hydrogens is 499 g/mol. The van der Waals surface area contributed by atoms with E-state index < -0.39 is 23.4 Å². The largest absolute Gasteiger partial charge is 0.484 e. The molecule has 1 saturated heterocycles. The summed E-state index contributed by atoms with van der Waals surface area (Å²) >= 11 is 0. The molecule has 5 rings (SSSR count). The predicted octanol–water partition coefficient (Wildman–Crippen LogP) is 5.62. The summed E-state index contributed by atoms with van der Waals surface area (Å²) in [5, 5.41) is 2.67. The second kappa shape index (κ2) is 9.75. The number of carbonyl (C=O) groups is 2. The summed E-state index contributed by atoms with van der Waals surface area (Å²) in [4.78, 5) is 30.5. The van der Waals surface area contributed by atoms with Gasteiger partial charge in [0.15, 0.2) is 0 Å². The Morgan fingerprint density at radius 1 is 1.08 bits per heavy atom. The Kier molecular flexibility index (Phi) is 6.60. The SMILES string of the molecule is Cc1ccc(NC(=O)c2ccnc(C(F)(F)F)c2)cc1-c1ccc2c(c1)OC1(CCOCC1)CC(=O)N2C. The number of fused-ring (bicyclic) bond motifs is 1. The molecule has 0 unspecified atom stereocenters. The fourth-order valence-electron chi connectivity index (χ4n) is 4.80. The first kappa shape index (κ1) is 25.7. The average molecular weight is 526 g/mol. The summed E-state index contributed by atoms with van der Waals surface area (Å²) in [5.41, 5.74) is 1.72. The van der Waals surface area contributed by atoms with Gasteiger partial charge in [-0.2, -0.15) is 13.2 Å². The van der Waals surface area contributed by atoms with E-state index in [0.29, 0.717) is 43.2 Å². The first-order valence-electron chi connectivity index (χ1n) is 12.2. The predicted molar refractivity (Wildman–Crippen MR) is 135 cm³/mol. The number of benzene rings is 2. The smallest absolute Gasteiger partial charge is 0.433 e. The third-order valence-electron chi connectivity index (χ3n) is 7.02. The van der Waals surface area contributed by atoms with Crippen LogP contribution in [-0.2, 0) is 15.7 Å². The highest BCUT2D eigenvalue weighted by Crippen LogP contribution is 2.42. The molecule has 1 aromatic heterocycles. The van der Waals surface area contributed by atoms with E-state index in [9.17, 15) is 22.8 Å². The number of nitrogens with one attached hydrogen (secondary N) is 1. The van der Waals surface area contributed by atoms with Gasteiger partial charge in [0.1, 0.15) is 17.0 Å². The first-order chi connectivity index (χ1) is 18.0. The molecule has 0 atom stereocenters. The lowest BCUT2D eigenvalue weighted by atomic mass is 9.90. The topological polar surface area (TPSA) is 80.8 Å². The third-order valence-corrected chi connectivity index (χ3v) is 7.02. The third kappa shape index (κ3) is 5.08. The summed E-state index contributed by atoms with van der Waals surface area (Å²) in [5.74, 6) is -0.119. The lowest BCUT2D eigenvalue weighted by Gasteiger charge is -2.35. The number of nitrogens with zero attached hydrogens (tertiary/aromatic N) is 2. The van der Waals surface area contributed by atoms with Gasteiger partial charge < -0.3 is 19.7 Å². The second-order valence-corrected chi connectivity index (χ2v) is 9.62. The van der Waals surface area contributed by atoms with Gasteiger partial charge in [-0.05, 0) is 60.0 Å². The monoisotopic (exact) mass is 525 g/mol. The highest BCUT2D eigenvalue weighted by atomic mass is 19.4. The summed E-state index contributed by atoms with van der Waals surface area (Å²) < 4.78 is 51.1. The van der Waals surface area contributed by atoms with Crippen LogP contribution in [0.2, 0.25) is 0 Å². The minimum Gasteiger partial charge on any atom is -0.484 e. The van der Waals surface area contributed by atoms with E-state index >= 15 is 0 Å². The maximum absolute atomic E-state index is 13.0. The van der Waals surface area contributed by atoms with Crippen molar-refractivity contribution in [2.24, 2.45) is 0 Å². The normalized spacial score (nSPS) is 17.0. The van der Waals surface area contributed by atoms with E-state index in [1.54, 1.807) is 24.1 Å². The van der Waals surface area contributed by atoms with Crippen molar-refractivity contribution in [3.63, 3.8) is 0 Å². The molecule has 1 N–H and O–H groups in total. The van der Waals surface area contributed by atoms with Crippen molar-refractivity contribution in [3.8, 4) is 16.9 Å². The van der Waals surface area contributed by atoms with Crippen LogP contribution < -0.4 is 15.0 Å². The molecule has 38 heavy (non-hydrogen) atoms. The van der Waals surface area contributed by atoms with Gasteiger partial charge in [-0.25, -0.2) is 0 Å². The van der Waals surface area contributed by atoms with Crippen molar-refractivity contribution in [2.75, 3.05) is 30.5 Å². The van der Waals surface area contributed by atoms with Gasteiger partial charge >= 0.3 is 6.18 Å². The van der Waals surface area contributed by atoms with Gasteiger partial charge in [0.2, 0.25) is 5.91 Å². The summed E-state index contributed by atoms with van der Waals surface area (Å²) in [6.07, 6.45) is -2.20. The number of aryl methyl sites for hydroxylation is 1. The van der Waals surface area contributed by atoms with E-state index in [1.807, 2.05) is 31.2 Å². The van der Waals surface area contributed by atoms with E-state index in [1.165, 1.54) is 6.07 Å². The van der Waals surface area contributed by atoms with Gasteiger partial charge in [-0.15, -0.1) is 0 Å². The molecule has 1 fully saturated rings. The van der Waals surface area contributed by atoms with Crippen LogP contribution in [0.3, 0.4) is 0 Å². The lowest BCUT2D eigenvalue weighted by molar-refractivity contribution is -0.141. The molecule has 10 heteroatoms. The number of pyridine rings is 1. The number of rotatable bonds is 3. The number of hydrogen-bond donors (Lipinski definition) is 1. The Labute approximate surface area is 217 Å². The van der Waals surface area contributed by atoms with E-state index in [-0.39, 0.29) is 17.9 Å². The van der Waals surface area contributed by atoms with Crippen molar-refractivity contribution in [1.82, 2.24) is 4.98 Å². The van der Waals surface area contributed by atoms with Gasteiger partial charge in [-0.3, -0.25) is 14.6 Å². The molecule has 3 aromatic rings. The second-order valence-electron chi connectivity index (χ2n) is 9.62. The minimum absolute atomic E-state index is 0.0240. The fraction of sp³-hybridized carbons (Fsp3) is 0.321. The van der Waals surface area contributed by atoms with Gasteiger partial charge in [0, 0.05) is 37.3 Å². The number of anilines is 2. The molecule has 7 nitrogen and oxygen atoms in total. The Bertz CT molecular complexity index is 1400. The lowest BCUT2D eigenvalue weighted by Crippen LogP contribution is -2.44. The first-order valence-corrected chi connectivity index (χ1v) is 12.2. The number of carbonyl (C=O) groups excluding carboxylic acids is 2. The van der Waals surface area contributed by atoms with Crippen molar-refractivity contribution in [3.05, 3.63) is 71.5 Å². The number of hydrogen-bond acceptors (Lipinski definition) is 5. The van der Waals surface area contributed by atoms with Crippen LogP contribution in [0.4, 0.5) is 24.5 Å². The zero-order chi connectivity index (χ0) is 27.1. The molecule has 3 heterocycles. The van der Waals surface area contributed by atoms with Gasteiger partial charge in [0.25, 0.3) is 5.91 Å². The minimum atomic E-state index is -4.65. The van der Waals surface area contributed by atoms with Crippen molar-refractivity contribution < 1.29 is 32.2 Å². The molecule has 0 radical (unpaired) electrons.